The second-order valence-electron chi connectivity index (χ2n) is 8.65. The Balaban J connectivity index is 1.38. The van der Waals surface area contributed by atoms with Gasteiger partial charge in [0, 0.05) is 56.5 Å². The fraction of sp³-hybridized carbons (Fsp3) is 0.727. The van der Waals surface area contributed by atoms with E-state index in [0.717, 1.165) is 44.1 Å². The number of aliphatic hydroxyl groups excluding tert-OH is 1. The van der Waals surface area contributed by atoms with Gasteiger partial charge in [0.25, 0.3) is 0 Å². The Hall–Kier alpha value is -1.34. The quantitative estimate of drug-likeness (QED) is 0.805. The number of piperazine rings is 1. The van der Waals surface area contributed by atoms with Gasteiger partial charge in [-0.1, -0.05) is 12.1 Å². The highest BCUT2D eigenvalue weighted by atomic mass is 16.7. The van der Waals surface area contributed by atoms with E-state index in [0.29, 0.717) is 24.9 Å². The van der Waals surface area contributed by atoms with Crippen molar-refractivity contribution < 1.29 is 14.6 Å². The number of piperidine rings is 1. The minimum atomic E-state index is 0.261. The van der Waals surface area contributed by atoms with Crippen LogP contribution in [0.1, 0.15) is 38.7 Å². The van der Waals surface area contributed by atoms with E-state index in [1.54, 1.807) is 0 Å². The van der Waals surface area contributed by atoms with Crippen molar-refractivity contribution in [2.75, 3.05) is 46.1 Å². The molecule has 1 aromatic carbocycles. The molecule has 6 heteroatoms. The zero-order valence-electron chi connectivity index (χ0n) is 17.3. The SMILES string of the molecule is CC(C)N1CCC(N2CCN(Cc3cccc4c3OCO4)CC2CCO)CC1. The van der Waals surface area contributed by atoms with Crippen molar-refractivity contribution >= 4 is 0 Å². The molecule has 0 saturated carbocycles. The van der Waals surface area contributed by atoms with E-state index >= 15 is 0 Å². The first-order valence-corrected chi connectivity index (χ1v) is 10.9. The highest BCUT2D eigenvalue weighted by Crippen LogP contribution is 2.36. The molecule has 0 spiro atoms. The number of aliphatic hydroxyl groups is 1. The van der Waals surface area contributed by atoms with Crippen LogP contribution in [0, 0.1) is 0 Å². The highest BCUT2D eigenvalue weighted by molar-refractivity contribution is 5.48. The summed E-state index contributed by atoms with van der Waals surface area (Å²) in [7, 11) is 0. The summed E-state index contributed by atoms with van der Waals surface area (Å²) >= 11 is 0. The van der Waals surface area contributed by atoms with Crippen molar-refractivity contribution in [1.82, 2.24) is 14.7 Å². The molecule has 0 bridgehead atoms. The van der Waals surface area contributed by atoms with Gasteiger partial charge < -0.3 is 19.5 Å². The van der Waals surface area contributed by atoms with Crippen molar-refractivity contribution in [2.24, 2.45) is 0 Å². The summed E-state index contributed by atoms with van der Waals surface area (Å²) in [6.07, 6.45) is 3.35. The van der Waals surface area contributed by atoms with E-state index < -0.39 is 0 Å². The fourth-order valence-corrected chi connectivity index (χ4v) is 5.05. The Bertz CT molecular complexity index is 646. The number of nitrogens with zero attached hydrogens (tertiary/aromatic N) is 3. The van der Waals surface area contributed by atoms with Gasteiger partial charge in [0.15, 0.2) is 11.5 Å². The molecule has 2 fully saturated rings. The maximum absolute atomic E-state index is 9.66. The van der Waals surface area contributed by atoms with Crippen LogP contribution in [0.3, 0.4) is 0 Å². The molecule has 0 aliphatic carbocycles. The van der Waals surface area contributed by atoms with Gasteiger partial charge in [0.2, 0.25) is 6.79 Å². The van der Waals surface area contributed by atoms with Crippen LogP contribution in [0.4, 0.5) is 0 Å². The number of rotatable bonds is 6. The molecule has 28 heavy (non-hydrogen) atoms. The summed E-state index contributed by atoms with van der Waals surface area (Å²) in [6.45, 7) is 11.6. The lowest BCUT2D eigenvalue weighted by Gasteiger charge is -2.48. The molecule has 0 radical (unpaired) electrons. The van der Waals surface area contributed by atoms with Crippen LogP contribution in [0.15, 0.2) is 18.2 Å². The molecule has 2 saturated heterocycles. The van der Waals surface area contributed by atoms with Gasteiger partial charge in [-0.3, -0.25) is 9.80 Å². The van der Waals surface area contributed by atoms with E-state index in [9.17, 15) is 5.11 Å². The topological polar surface area (TPSA) is 48.4 Å². The molecule has 0 aromatic heterocycles. The Kier molecular flexibility index (Phi) is 6.41. The van der Waals surface area contributed by atoms with Crippen molar-refractivity contribution in [2.45, 2.75) is 57.8 Å². The maximum Gasteiger partial charge on any atom is 0.231 e. The molecule has 3 aliphatic heterocycles. The summed E-state index contributed by atoms with van der Waals surface area (Å²) < 4.78 is 11.2. The number of benzene rings is 1. The molecule has 3 heterocycles. The predicted molar refractivity (Wildman–Crippen MR) is 110 cm³/mol. The third-order valence-electron chi connectivity index (χ3n) is 6.65. The van der Waals surface area contributed by atoms with Gasteiger partial charge in [0.05, 0.1) is 0 Å². The number of hydrogen-bond acceptors (Lipinski definition) is 6. The number of hydrogen-bond donors (Lipinski definition) is 1. The Morgan fingerprint density at radius 2 is 1.93 bits per heavy atom. The first kappa shape index (κ1) is 20.0. The molecule has 3 aliphatic rings. The lowest BCUT2D eigenvalue weighted by molar-refractivity contribution is -0.000219. The third-order valence-corrected chi connectivity index (χ3v) is 6.65. The van der Waals surface area contributed by atoms with Crippen molar-refractivity contribution in [1.29, 1.82) is 0 Å². The summed E-state index contributed by atoms with van der Waals surface area (Å²) in [6, 6.07) is 7.90. The van der Waals surface area contributed by atoms with Crippen LogP contribution in [-0.4, -0.2) is 84.1 Å². The molecule has 6 nitrogen and oxygen atoms in total. The molecular weight excluding hydrogens is 354 g/mol. The summed E-state index contributed by atoms with van der Waals surface area (Å²) in [5.74, 6) is 1.77. The number of ether oxygens (including phenoxy) is 2. The first-order chi connectivity index (χ1) is 13.7. The molecule has 4 rings (SSSR count). The van der Waals surface area contributed by atoms with Crippen molar-refractivity contribution in [3.05, 3.63) is 23.8 Å². The normalized spacial score (nSPS) is 24.9. The summed E-state index contributed by atoms with van der Waals surface area (Å²) in [5.41, 5.74) is 1.21. The standard InChI is InChI=1S/C22H35N3O3/c1-17(2)24-9-6-19(7-10-24)25-12-11-23(15-20(25)8-13-26)14-18-4-3-5-21-22(18)28-16-27-21/h3-5,17,19-20,26H,6-16H2,1-2H3. The molecule has 1 N–H and O–H groups in total. The van der Waals surface area contributed by atoms with E-state index in [2.05, 4.69) is 34.6 Å². The van der Waals surface area contributed by atoms with E-state index in [4.69, 9.17) is 9.47 Å². The minimum Gasteiger partial charge on any atom is -0.454 e. The molecule has 156 valence electrons. The number of likely N-dealkylation sites (tertiary alicyclic amines) is 1. The van der Waals surface area contributed by atoms with Crippen molar-refractivity contribution in [3.63, 3.8) is 0 Å². The van der Waals surface area contributed by atoms with Gasteiger partial charge in [0.1, 0.15) is 0 Å². The van der Waals surface area contributed by atoms with Crippen LogP contribution >= 0.6 is 0 Å². The minimum absolute atomic E-state index is 0.261. The van der Waals surface area contributed by atoms with Crippen LogP contribution in [-0.2, 0) is 6.54 Å². The van der Waals surface area contributed by atoms with Crippen LogP contribution < -0.4 is 9.47 Å². The van der Waals surface area contributed by atoms with E-state index in [1.165, 1.54) is 31.5 Å². The maximum atomic E-state index is 9.66. The van der Waals surface area contributed by atoms with Crippen LogP contribution in [0.5, 0.6) is 11.5 Å². The lowest BCUT2D eigenvalue weighted by Crippen LogP contribution is -2.58. The largest absolute Gasteiger partial charge is 0.454 e. The Morgan fingerprint density at radius 3 is 2.68 bits per heavy atom. The Labute approximate surface area is 169 Å². The van der Waals surface area contributed by atoms with Gasteiger partial charge in [-0.15, -0.1) is 0 Å². The molecule has 1 aromatic rings. The third kappa shape index (κ3) is 4.30. The fourth-order valence-electron chi connectivity index (χ4n) is 5.05. The summed E-state index contributed by atoms with van der Waals surface area (Å²) in [4.78, 5) is 7.79. The second kappa shape index (κ2) is 8.99. The lowest BCUT2D eigenvalue weighted by atomic mass is 9.97. The highest BCUT2D eigenvalue weighted by Gasteiger charge is 2.34. The molecule has 0 amide bonds. The summed E-state index contributed by atoms with van der Waals surface area (Å²) in [5, 5.41) is 9.66. The van der Waals surface area contributed by atoms with E-state index in [1.807, 2.05) is 12.1 Å². The van der Waals surface area contributed by atoms with Crippen LogP contribution in [0.25, 0.3) is 0 Å². The van der Waals surface area contributed by atoms with E-state index in [-0.39, 0.29) is 6.61 Å². The zero-order chi connectivity index (χ0) is 19.5. The molecule has 1 atom stereocenters. The predicted octanol–water partition coefficient (Wildman–Crippen LogP) is 2.16. The average Bonchev–Trinajstić information content (AvgIpc) is 3.19. The van der Waals surface area contributed by atoms with Gasteiger partial charge >= 0.3 is 0 Å². The van der Waals surface area contributed by atoms with Gasteiger partial charge in [-0.2, -0.15) is 0 Å². The van der Waals surface area contributed by atoms with Gasteiger partial charge in [-0.05, 0) is 52.3 Å². The van der Waals surface area contributed by atoms with Crippen LogP contribution in [0.2, 0.25) is 0 Å². The van der Waals surface area contributed by atoms with Crippen molar-refractivity contribution in [3.8, 4) is 11.5 Å². The smallest absolute Gasteiger partial charge is 0.231 e. The van der Waals surface area contributed by atoms with Gasteiger partial charge in [-0.25, -0.2) is 0 Å². The number of para-hydroxylation sites is 1. The monoisotopic (exact) mass is 389 g/mol. The Morgan fingerprint density at radius 1 is 1.11 bits per heavy atom. The number of fused-ring (bicyclic) bond motifs is 1. The molecular formula is C22H35N3O3. The zero-order valence-corrected chi connectivity index (χ0v) is 17.3. The first-order valence-electron chi connectivity index (χ1n) is 10.9. The average molecular weight is 390 g/mol. The molecule has 1 unspecified atom stereocenters. The second-order valence-corrected chi connectivity index (χ2v) is 8.65.